The van der Waals surface area contributed by atoms with Crippen LogP contribution in [0.1, 0.15) is 0 Å². The number of furan rings is 1. The van der Waals surface area contributed by atoms with Gasteiger partial charge in [0.05, 0.1) is 27.8 Å². The first-order valence-corrected chi connectivity index (χ1v) is 20.4. The van der Waals surface area contributed by atoms with Crippen molar-refractivity contribution in [2.45, 2.75) is 0 Å². The van der Waals surface area contributed by atoms with Gasteiger partial charge in [0.25, 0.3) is 0 Å². The Morgan fingerprint density at radius 3 is 1.98 bits per heavy atom. The lowest BCUT2D eigenvalue weighted by atomic mass is 9.94. The molecular formula is C52H28N4OS. The zero-order chi connectivity index (χ0) is 37.6. The largest absolute Gasteiger partial charge is 0.436 e. The maximum absolute atomic E-state index is 6.42. The van der Waals surface area contributed by atoms with Gasteiger partial charge in [-0.2, -0.15) is 0 Å². The summed E-state index contributed by atoms with van der Waals surface area (Å²) in [5.41, 5.74) is 14.5. The number of para-hydroxylation sites is 4. The zero-order valence-electron chi connectivity index (χ0n) is 30.8. The van der Waals surface area contributed by atoms with E-state index < -0.39 is 0 Å². The topological polar surface area (TPSA) is 48.8 Å². The van der Waals surface area contributed by atoms with Crippen LogP contribution in [0.3, 0.4) is 0 Å². The maximum atomic E-state index is 6.42. The van der Waals surface area contributed by atoms with Gasteiger partial charge in [0, 0.05) is 63.8 Å². The normalized spacial score (nSPS) is 12.5. The Morgan fingerprint density at radius 1 is 0.431 bits per heavy atom. The molecule has 268 valence electrons. The van der Waals surface area contributed by atoms with E-state index in [1.54, 1.807) is 0 Å². The summed E-state index contributed by atoms with van der Waals surface area (Å²) in [7, 11) is 0. The molecule has 6 heterocycles. The molecule has 5 nitrogen and oxygen atoms in total. The highest BCUT2D eigenvalue weighted by atomic mass is 32.1. The van der Waals surface area contributed by atoms with E-state index in [2.05, 4.69) is 161 Å². The Hall–Kier alpha value is -7.54. The Labute approximate surface area is 334 Å². The van der Waals surface area contributed by atoms with E-state index in [0.29, 0.717) is 5.71 Å². The maximum Gasteiger partial charge on any atom is 0.247 e. The summed E-state index contributed by atoms with van der Waals surface area (Å²) in [4.78, 5) is 11.0. The number of thiophene rings is 1. The van der Waals surface area contributed by atoms with Gasteiger partial charge in [0.1, 0.15) is 16.8 Å². The molecule has 1 aliphatic heterocycles. The smallest absolute Gasteiger partial charge is 0.247 e. The van der Waals surface area contributed by atoms with Gasteiger partial charge in [-0.05, 0) is 65.7 Å². The molecular weight excluding hydrogens is 729 g/mol. The fraction of sp³-hybridized carbons (Fsp3) is 0. The highest BCUT2D eigenvalue weighted by molar-refractivity contribution is 7.25. The standard InChI is InChI=1S/C52H28N4OS/c1-2-13-31-30(12-1)32-14-3-7-20-41(32)55-43-27-38-33-15-4-8-21-42(33)56(44(38)28-39(43)36-19-11-18-35(31)50(36)55)51-48(54-52-49(53-51)37-17-5-9-22-45(37)57-52)29-24-25-47-40(26-29)34-16-6-10-23-46(34)58-47/h1-28H. The van der Waals surface area contributed by atoms with E-state index >= 15 is 0 Å². The minimum atomic E-state index is 0.530. The van der Waals surface area contributed by atoms with Gasteiger partial charge in [0.2, 0.25) is 5.71 Å². The highest BCUT2D eigenvalue weighted by Crippen LogP contribution is 2.48. The van der Waals surface area contributed by atoms with Crippen LogP contribution in [0.5, 0.6) is 0 Å². The molecule has 0 N–H and O–H groups in total. The lowest BCUT2D eigenvalue weighted by Gasteiger charge is -2.13. The lowest BCUT2D eigenvalue weighted by molar-refractivity contribution is 0.653. The van der Waals surface area contributed by atoms with Crippen LogP contribution in [0, 0.1) is 0 Å². The molecule has 0 atom stereocenters. The van der Waals surface area contributed by atoms with Crippen molar-refractivity contribution in [3.05, 3.63) is 170 Å². The Kier molecular flexibility index (Phi) is 5.85. The van der Waals surface area contributed by atoms with Crippen molar-refractivity contribution < 1.29 is 4.42 Å². The van der Waals surface area contributed by atoms with Crippen LogP contribution in [0.25, 0.3) is 131 Å². The number of rotatable bonds is 2. The summed E-state index contributed by atoms with van der Waals surface area (Å²) in [6, 6.07) is 61.4. The molecule has 58 heavy (non-hydrogen) atoms. The summed E-state index contributed by atoms with van der Waals surface area (Å²) in [6.45, 7) is 0. The average molecular weight is 757 g/mol. The molecule has 13 aromatic rings. The van der Waals surface area contributed by atoms with Crippen molar-refractivity contribution >= 4 is 97.3 Å². The second kappa shape index (κ2) is 11.1. The summed E-state index contributed by atoms with van der Waals surface area (Å²) < 4.78 is 13.8. The number of benzene rings is 8. The Bertz CT molecular complexity index is 3940. The minimum Gasteiger partial charge on any atom is -0.436 e. The molecule has 0 fully saturated rings. The minimum absolute atomic E-state index is 0.530. The van der Waals surface area contributed by atoms with Crippen LogP contribution in [-0.2, 0) is 0 Å². The van der Waals surface area contributed by atoms with Crippen molar-refractivity contribution in [1.29, 1.82) is 0 Å². The Balaban J connectivity index is 1.13. The number of hydrogen-bond donors (Lipinski definition) is 0. The molecule has 0 radical (unpaired) electrons. The molecule has 0 unspecified atom stereocenters. The average Bonchev–Trinajstić information content (AvgIpc) is 4.00. The predicted octanol–water partition coefficient (Wildman–Crippen LogP) is 14.3. The molecule has 14 rings (SSSR count). The van der Waals surface area contributed by atoms with Crippen molar-refractivity contribution in [3.8, 4) is 45.0 Å². The molecule has 8 aromatic carbocycles. The summed E-state index contributed by atoms with van der Waals surface area (Å²) in [6.07, 6.45) is 0. The van der Waals surface area contributed by atoms with Crippen molar-refractivity contribution in [2.75, 3.05) is 0 Å². The summed E-state index contributed by atoms with van der Waals surface area (Å²) in [5.74, 6) is 0.772. The second-order valence-electron chi connectivity index (χ2n) is 15.3. The molecule has 0 saturated carbocycles. The molecule has 5 aromatic heterocycles. The SMILES string of the molecule is c1ccc2c(c1)-c1ccccc1-n1c3cc4c5ccccc5n(-c5nc6c(nc5-c5ccc7sc8ccccc8c7c5)oc5ccccc56)c4cc3c3cccc-2c31. The molecule has 1 aliphatic rings. The van der Waals surface area contributed by atoms with E-state index in [-0.39, 0.29) is 0 Å². The summed E-state index contributed by atoms with van der Waals surface area (Å²) >= 11 is 1.82. The van der Waals surface area contributed by atoms with Crippen molar-refractivity contribution in [3.63, 3.8) is 0 Å². The van der Waals surface area contributed by atoms with Crippen molar-refractivity contribution in [1.82, 2.24) is 19.1 Å². The van der Waals surface area contributed by atoms with Gasteiger partial charge in [-0.25, -0.2) is 9.97 Å². The quantitative estimate of drug-likeness (QED) is 0.176. The van der Waals surface area contributed by atoms with E-state index in [0.717, 1.165) is 55.4 Å². The van der Waals surface area contributed by atoms with E-state index in [1.807, 2.05) is 29.5 Å². The molecule has 0 aliphatic carbocycles. The fourth-order valence-electron chi connectivity index (χ4n) is 9.81. The number of hydrogen-bond acceptors (Lipinski definition) is 4. The van der Waals surface area contributed by atoms with Crippen LogP contribution in [0.4, 0.5) is 0 Å². The number of nitrogens with zero attached hydrogens (tertiary/aromatic N) is 4. The lowest BCUT2D eigenvalue weighted by Crippen LogP contribution is -2.03. The van der Waals surface area contributed by atoms with Crippen LogP contribution < -0.4 is 0 Å². The van der Waals surface area contributed by atoms with Crippen LogP contribution in [0.15, 0.2) is 174 Å². The van der Waals surface area contributed by atoms with Gasteiger partial charge in [-0.3, -0.25) is 4.57 Å². The van der Waals surface area contributed by atoms with Gasteiger partial charge in [-0.1, -0.05) is 115 Å². The van der Waals surface area contributed by atoms with Crippen LogP contribution in [0.2, 0.25) is 0 Å². The molecule has 0 spiro atoms. The first-order chi connectivity index (χ1) is 28.8. The number of aromatic nitrogens is 4. The van der Waals surface area contributed by atoms with Gasteiger partial charge < -0.3 is 8.98 Å². The molecule has 0 saturated heterocycles. The third-order valence-electron chi connectivity index (χ3n) is 12.3. The van der Waals surface area contributed by atoms with Crippen LogP contribution in [-0.4, -0.2) is 19.1 Å². The van der Waals surface area contributed by atoms with Gasteiger partial charge in [0.15, 0.2) is 5.82 Å². The monoisotopic (exact) mass is 756 g/mol. The van der Waals surface area contributed by atoms with Gasteiger partial charge >= 0.3 is 0 Å². The Morgan fingerprint density at radius 2 is 1.09 bits per heavy atom. The first-order valence-electron chi connectivity index (χ1n) is 19.6. The fourth-order valence-corrected chi connectivity index (χ4v) is 10.9. The predicted molar refractivity (Wildman–Crippen MR) is 241 cm³/mol. The third kappa shape index (κ3) is 3.94. The van der Waals surface area contributed by atoms with E-state index in [9.17, 15) is 0 Å². The molecule has 0 bridgehead atoms. The zero-order valence-corrected chi connectivity index (χ0v) is 31.6. The summed E-state index contributed by atoms with van der Waals surface area (Å²) in [5, 5.41) is 8.14. The van der Waals surface area contributed by atoms with E-state index in [1.165, 1.54) is 69.9 Å². The van der Waals surface area contributed by atoms with Crippen molar-refractivity contribution in [2.24, 2.45) is 0 Å². The van der Waals surface area contributed by atoms with Gasteiger partial charge in [-0.15, -0.1) is 11.3 Å². The first kappa shape index (κ1) is 30.7. The van der Waals surface area contributed by atoms with E-state index in [4.69, 9.17) is 14.4 Å². The number of fused-ring (bicyclic) bond motifs is 17. The highest BCUT2D eigenvalue weighted by Gasteiger charge is 2.27. The second-order valence-corrected chi connectivity index (χ2v) is 16.4. The molecule has 0 amide bonds. The van der Waals surface area contributed by atoms with Crippen LogP contribution >= 0.6 is 11.3 Å². The molecule has 6 heteroatoms. The third-order valence-corrected chi connectivity index (χ3v) is 13.4.